The van der Waals surface area contributed by atoms with Crippen LogP contribution in [0.25, 0.3) is 83.2 Å². The second-order valence-electron chi connectivity index (χ2n) is 16.4. The number of hydrogen-bond acceptors (Lipinski definition) is 3. The van der Waals surface area contributed by atoms with Gasteiger partial charge in [-0.2, -0.15) is 0 Å². The molecule has 7 aromatic carbocycles. The molecular formula is C53H45IrN3OSi-2. The topological polar surface area (TPSA) is 43.9 Å². The van der Waals surface area contributed by atoms with Crippen LogP contribution in [-0.2, 0) is 26.5 Å². The van der Waals surface area contributed by atoms with Crippen LogP contribution in [0.15, 0.2) is 168 Å². The second-order valence-corrected chi connectivity index (χ2v) is 21.4. The third-order valence-corrected chi connectivity index (χ3v) is 12.8. The number of hydrogen-bond donors (Lipinski definition) is 0. The van der Waals surface area contributed by atoms with Gasteiger partial charge in [0.1, 0.15) is 5.58 Å². The maximum atomic E-state index is 6.33. The van der Waals surface area contributed by atoms with E-state index < -0.39 is 8.07 Å². The average Bonchev–Trinajstić information content (AvgIpc) is 3.82. The number of furan rings is 1. The van der Waals surface area contributed by atoms with Crippen molar-refractivity contribution in [3.63, 3.8) is 0 Å². The molecule has 0 saturated heterocycles. The minimum absolute atomic E-state index is 0. The van der Waals surface area contributed by atoms with Crippen LogP contribution >= 0.6 is 0 Å². The van der Waals surface area contributed by atoms with E-state index in [2.05, 4.69) is 172 Å². The fourth-order valence-corrected chi connectivity index (χ4v) is 9.64. The number of pyridine rings is 1. The van der Waals surface area contributed by atoms with Crippen LogP contribution in [-0.4, -0.2) is 22.6 Å². The van der Waals surface area contributed by atoms with Crippen LogP contribution in [0.5, 0.6) is 0 Å². The Hall–Kier alpha value is -5.91. The van der Waals surface area contributed by atoms with Gasteiger partial charge < -0.3 is 14.0 Å². The Labute approximate surface area is 361 Å². The summed E-state index contributed by atoms with van der Waals surface area (Å²) < 4.78 is 8.56. The Bertz CT molecular complexity index is 3060. The first-order valence-corrected chi connectivity index (χ1v) is 23.6. The molecule has 1 radical (unpaired) electrons. The van der Waals surface area contributed by atoms with E-state index >= 15 is 0 Å². The molecule has 3 heterocycles. The Kier molecular flexibility index (Phi) is 11.3. The maximum absolute atomic E-state index is 6.33. The number of para-hydroxylation sites is 3. The zero-order chi connectivity index (χ0) is 39.8. The molecule has 0 N–H and O–H groups in total. The summed E-state index contributed by atoms with van der Waals surface area (Å²) in [4.78, 5) is 9.88. The van der Waals surface area contributed by atoms with Gasteiger partial charge >= 0.3 is 0 Å². The second kappa shape index (κ2) is 16.7. The van der Waals surface area contributed by atoms with Gasteiger partial charge in [0.05, 0.1) is 30.5 Å². The van der Waals surface area contributed by atoms with E-state index in [0.29, 0.717) is 5.92 Å². The molecule has 0 aliphatic heterocycles. The van der Waals surface area contributed by atoms with Gasteiger partial charge in [-0.15, -0.1) is 53.6 Å². The first-order chi connectivity index (χ1) is 28.2. The molecule has 4 nitrogen and oxygen atoms in total. The van der Waals surface area contributed by atoms with Gasteiger partial charge in [-0.05, 0) is 58.4 Å². The monoisotopic (exact) mass is 960 g/mol. The van der Waals surface area contributed by atoms with E-state index in [4.69, 9.17) is 14.4 Å². The molecule has 3 aromatic heterocycles. The first-order valence-electron chi connectivity index (χ1n) is 20.1. The normalized spacial score (nSPS) is 11.6. The van der Waals surface area contributed by atoms with Crippen LogP contribution < -0.4 is 5.19 Å². The van der Waals surface area contributed by atoms with E-state index in [1.54, 1.807) is 0 Å². The fraction of sp³-hybridized carbons (Fsp3) is 0.132. The zero-order valence-electron chi connectivity index (χ0n) is 34.0. The molecule has 0 aliphatic rings. The van der Waals surface area contributed by atoms with Crippen molar-refractivity contribution in [1.82, 2.24) is 14.5 Å². The summed E-state index contributed by atoms with van der Waals surface area (Å²) in [7, 11) is -1.40. The van der Waals surface area contributed by atoms with E-state index in [9.17, 15) is 0 Å². The number of nitrogens with zero attached hydrogens (tertiary/aromatic N) is 3. The molecule has 0 saturated carbocycles. The van der Waals surface area contributed by atoms with Crippen LogP contribution in [0.2, 0.25) is 19.6 Å². The molecule has 0 atom stereocenters. The van der Waals surface area contributed by atoms with Crippen molar-refractivity contribution in [2.75, 3.05) is 0 Å². The standard InChI is InChI=1S/C29H17N2O.C24H28NSi.Ir/c1-2-11-20-19(9-1)10-7-17-25(20)31-26-16-5-4-15-24(26)30-29(31)23-14-8-13-22-21-12-3-6-18-27(21)32-28(22)23;1-18(2)14-22-16-23(25-17-24(22)26(3,4)5)21-13-9-12-20(15-21)19-10-7-6-8-11-19;/h1-13,15-18H;6-12,15-18H,14H2,1-5H3;/q2*-1;. The fourth-order valence-electron chi connectivity index (χ4n) is 8.05. The van der Waals surface area contributed by atoms with Gasteiger partial charge in [0.25, 0.3) is 0 Å². The van der Waals surface area contributed by atoms with E-state index in [0.717, 1.165) is 67.7 Å². The molecule has 0 bridgehead atoms. The molecule has 10 aromatic rings. The van der Waals surface area contributed by atoms with Crippen molar-refractivity contribution < 1.29 is 24.5 Å². The Balaban J connectivity index is 0.000000165. The van der Waals surface area contributed by atoms with Crippen LogP contribution in [0.4, 0.5) is 0 Å². The van der Waals surface area contributed by atoms with E-state index in [1.165, 1.54) is 32.6 Å². The summed E-state index contributed by atoms with van der Waals surface area (Å²) >= 11 is 0. The largest absolute Gasteiger partial charge is 0.501 e. The third kappa shape index (κ3) is 7.96. The number of imidazole rings is 1. The summed E-state index contributed by atoms with van der Waals surface area (Å²) in [5.41, 5.74) is 11.6. The quantitative estimate of drug-likeness (QED) is 0.118. The maximum Gasteiger partial charge on any atom is 0.120 e. The molecule has 0 unspecified atom stereocenters. The zero-order valence-corrected chi connectivity index (χ0v) is 37.4. The van der Waals surface area contributed by atoms with Gasteiger partial charge in [-0.3, -0.25) is 4.98 Å². The summed E-state index contributed by atoms with van der Waals surface area (Å²) in [6.45, 7) is 11.8. The van der Waals surface area contributed by atoms with Gasteiger partial charge in [-0.25, -0.2) is 0 Å². The number of fused-ring (bicyclic) bond motifs is 5. The van der Waals surface area contributed by atoms with Crippen molar-refractivity contribution >= 4 is 57.0 Å². The SMILES string of the molecule is CC(C)Cc1cc(-c2[c-]ccc(-c3ccccc3)c2)ncc1[Si](C)(C)C.[Ir].[c-]1ccc2c(oc3ccccc32)c1-c1nc2ccccc2n1-c1cccc2ccccc12. The Morgan fingerprint density at radius 2 is 1.39 bits per heavy atom. The summed E-state index contributed by atoms with van der Waals surface area (Å²) in [5, 5.41) is 6.03. The third-order valence-electron chi connectivity index (χ3n) is 10.7. The predicted molar refractivity (Wildman–Crippen MR) is 246 cm³/mol. The van der Waals surface area contributed by atoms with Crippen molar-refractivity contribution in [3.05, 3.63) is 182 Å². The van der Waals surface area contributed by atoms with Crippen LogP contribution in [0, 0.1) is 18.1 Å². The van der Waals surface area contributed by atoms with E-state index in [-0.39, 0.29) is 20.1 Å². The van der Waals surface area contributed by atoms with Gasteiger partial charge in [0, 0.05) is 42.8 Å². The van der Waals surface area contributed by atoms with Crippen LogP contribution in [0.1, 0.15) is 19.4 Å². The molecule has 0 amide bonds. The summed E-state index contributed by atoms with van der Waals surface area (Å²) in [6, 6.07) is 61.2. The Morgan fingerprint density at radius 3 is 2.20 bits per heavy atom. The van der Waals surface area contributed by atoms with Crippen molar-refractivity contribution in [1.29, 1.82) is 0 Å². The van der Waals surface area contributed by atoms with E-state index in [1.807, 2.05) is 42.5 Å². The number of rotatable bonds is 7. The molecule has 0 aliphatic carbocycles. The number of benzene rings is 7. The summed E-state index contributed by atoms with van der Waals surface area (Å²) in [6.07, 6.45) is 3.23. The molecule has 293 valence electrons. The van der Waals surface area contributed by atoms with Crippen LogP contribution in [0.3, 0.4) is 0 Å². The first kappa shape index (κ1) is 39.9. The van der Waals surface area contributed by atoms with Gasteiger partial charge in [-0.1, -0.05) is 153 Å². The van der Waals surface area contributed by atoms with Crippen molar-refractivity contribution in [2.24, 2.45) is 5.92 Å². The molecule has 59 heavy (non-hydrogen) atoms. The molecule has 6 heteroatoms. The minimum Gasteiger partial charge on any atom is -0.501 e. The molecule has 0 fully saturated rings. The smallest absolute Gasteiger partial charge is 0.120 e. The molecule has 10 rings (SSSR count). The number of aromatic nitrogens is 3. The molecular weight excluding hydrogens is 915 g/mol. The average molecular weight is 960 g/mol. The minimum atomic E-state index is -1.40. The summed E-state index contributed by atoms with van der Waals surface area (Å²) in [5.74, 6) is 1.46. The van der Waals surface area contributed by atoms with Crippen molar-refractivity contribution in [2.45, 2.75) is 39.9 Å². The Morgan fingerprint density at radius 1 is 0.678 bits per heavy atom. The van der Waals surface area contributed by atoms with Gasteiger partial charge in [0.15, 0.2) is 0 Å². The molecule has 0 spiro atoms. The van der Waals surface area contributed by atoms with Gasteiger partial charge in [0.2, 0.25) is 0 Å². The van der Waals surface area contributed by atoms with Crippen molar-refractivity contribution in [3.8, 4) is 39.5 Å². The predicted octanol–water partition coefficient (Wildman–Crippen LogP) is 13.5.